The standard InChI is InChI=1S/C24H22N4O6S/c1-3-15-5-4-6-16(13-15)25-20-11-12-22(28(30)31)23-19(20)14-21(26-23)24(29)27-35(32,33)18-9-7-17(34-2)8-10-18/h4-14,25-26H,3H2,1-2H3,(H,27,29). The summed E-state index contributed by atoms with van der Waals surface area (Å²) in [7, 11) is -2.74. The lowest BCUT2D eigenvalue weighted by molar-refractivity contribution is -0.383. The Morgan fingerprint density at radius 1 is 1.09 bits per heavy atom. The number of amides is 1. The summed E-state index contributed by atoms with van der Waals surface area (Å²) in [5.41, 5.74) is 2.10. The fraction of sp³-hybridized carbons (Fsp3) is 0.125. The molecule has 3 N–H and O–H groups in total. The quantitative estimate of drug-likeness (QED) is 0.241. The number of benzene rings is 3. The monoisotopic (exact) mass is 494 g/mol. The number of carbonyl (C=O) groups excluding carboxylic acids is 1. The van der Waals surface area contributed by atoms with Gasteiger partial charge in [-0.2, -0.15) is 0 Å². The summed E-state index contributed by atoms with van der Waals surface area (Å²) >= 11 is 0. The van der Waals surface area contributed by atoms with E-state index in [1.807, 2.05) is 35.9 Å². The van der Waals surface area contributed by atoms with Crippen LogP contribution in [0.1, 0.15) is 23.0 Å². The summed E-state index contributed by atoms with van der Waals surface area (Å²) in [5, 5.41) is 15.2. The van der Waals surface area contributed by atoms with Crippen molar-refractivity contribution in [2.24, 2.45) is 0 Å². The molecular weight excluding hydrogens is 472 g/mol. The van der Waals surface area contributed by atoms with Gasteiger partial charge in [-0.25, -0.2) is 13.1 Å². The molecule has 0 spiro atoms. The van der Waals surface area contributed by atoms with Gasteiger partial charge in [-0.15, -0.1) is 0 Å². The topological polar surface area (TPSA) is 143 Å². The van der Waals surface area contributed by atoms with Crippen LogP contribution in [-0.4, -0.2) is 31.3 Å². The maximum absolute atomic E-state index is 12.8. The van der Waals surface area contributed by atoms with Gasteiger partial charge in [0.25, 0.3) is 21.6 Å². The predicted octanol–water partition coefficient (Wildman–Crippen LogP) is 4.51. The summed E-state index contributed by atoms with van der Waals surface area (Å²) < 4.78 is 32.3. The SMILES string of the molecule is CCc1cccc(Nc2ccc([N+](=O)[O-])c3[nH]c(C(=O)NS(=O)(=O)c4ccc(OC)cc4)cc23)c1. The second-order valence-electron chi connectivity index (χ2n) is 7.65. The van der Waals surface area contributed by atoms with Crippen LogP contribution in [0.25, 0.3) is 10.9 Å². The number of rotatable bonds is 8. The molecule has 0 saturated heterocycles. The highest BCUT2D eigenvalue weighted by Crippen LogP contribution is 2.34. The Kier molecular flexibility index (Phi) is 6.43. The smallest absolute Gasteiger partial charge is 0.293 e. The van der Waals surface area contributed by atoms with Gasteiger partial charge in [-0.3, -0.25) is 14.9 Å². The van der Waals surface area contributed by atoms with E-state index in [9.17, 15) is 23.3 Å². The first kappa shape index (κ1) is 23.8. The number of hydrogen-bond donors (Lipinski definition) is 3. The number of carbonyl (C=O) groups is 1. The Morgan fingerprint density at radius 2 is 1.83 bits per heavy atom. The highest BCUT2D eigenvalue weighted by atomic mass is 32.2. The highest BCUT2D eigenvalue weighted by molar-refractivity contribution is 7.90. The molecular formula is C24H22N4O6S. The first-order valence-electron chi connectivity index (χ1n) is 10.6. The number of nitro benzene ring substituents is 1. The zero-order valence-electron chi connectivity index (χ0n) is 18.9. The molecule has 10 nitrogen and oxygen atoms in total. The molecule has 0 atom stereocenters. The second kappa shape index (κ2) is 9.47. The number of nitrogens with zero attached hydrogens (tertiary/aromatic N) is 1. The Hall–Kier alpha value is -4.38. The van der Waals surface area contributed by atoms with E-state index in [1.54, 1.807) is 6.07 Å². The zero-order chi connectivity index (χ0) is 25.2. The average Bonchev–Trinajstić information content (AvgIpc) is 3.30. The number of fused-ring (bicyclic) bond motifs is 1. The van der Waals surface area contributed by atoms with E-state index in [2.05, 4.69) is 10.3 Å². The van der Waals surface area contributed by atoms with Crippen LogP contribution in [0.15, 0.2) is 71.6 Å². The second-order valence-corrected chi connectivity index (χ2v) is 9.33. The van der Waals surface area contributed by atoms with Crippen molar-refractivity contribution < 1.29 is 22.9 Å². The van der Waals surface area contributed by atoms with E-state index >= 15 is 0 Å². The number of hydrogen-bond acceptors (Lipinski definition) is 7. The van der Waals surface area contributed by atoms with Crippen molar-refractivity contribution in [1.82, 2.24) is 9.71 Å². The molecule has 0 radical (unpaired) electrons. The molecule has 4 rings (SSSR count). The molecule has 11 heteroatoms. The maximum atomic E-state index is 12.8. The first-order chi connectivity index (χ1) is 16.7. The van der Waals surface area contributed by atoms with E-state index in [1.165, 1.54) is 43.5 Å². The lowest BCUT2D eigenvalue weighted by atomic mass is 10.1. The van der Waals surface area contributed by atoms with Gasteiger partial charge in [-0.05, 0) is 60.5 Å². The molecule has 0 saturated carbocycles. The number of sulfonamides is 1. The average molecular weight is 495 g/mol. The molecule has 35 heavy (non-hydrogen) atoms. The van der Waals surface area contributed by atoms with Crippen molar-refractivity contribution in [2.45, 2.75) is 18.2 Å². The molecule has 0 bridgehead atoms. The number of H-pyrrole nitrogens is 1. The van der Waals surface area contributed by atoms with Crippen molar-refractivity contribution in [3.63, 3.8) is 0 Å². The summed E-state index contributed by atoms with van der Waals surface area (Å²) in [6.07, 6.45) is 0.836. The molecule has 0 aliphatic carbocycles. The number of ether oxygens (including phenoxy) is 1. The first-order valence-corrected chi connectivity index (χ1v) is 12.1. The molecule has 1 amide bonds. The summed E-state index contributed by atoms with van der Waals surface area (Å²) in [5.74, 6) is -0.493. The third-order valence-electron chi connectivity index (χ3n) is 5.42. The van der Waals surface area contributed by atoms with Crippen LogP contribution in [0.2, 0.25) is 0 Å². The van der Waals surface area contributed by atoms with Gasteiger partial charge in [0.1, 0.15) is 17.0 Å². The minimum absolute atomic E-state index is 0.0960. The van der Waals surface area contributed by atoms with Crippen LogP contribution < -0.4 is 14.8 Å². The van der Waals surface area contributed by atoms with Gasteiger partial charge in [0.05, 0.1) is 16.9 Å². The summed E-state index contributed by atoms with van der Waals surface area (Å²) in [6.45, 7) is 2.03. The molecule has 0 fully saturated rings. The summed E-state index contributed by atoms with van der Waals surface area (Å²) in [4.78, 5) is 26.4. The number of nitro groups is 1. The molecule has 4 aromatic rings. The Bertz CT molecular complexity index is 1530. The van der Waals surface area contributed by atoms with Gasteiger partial charge in [0.2, 0.25) is 0 Å². The van der Waals surface area contributed by atoms with Gasteiger partial charge in [0.15, 0.2) is 0 Å². The molecule has 3 aromatic carbocycles. The maximum Gasteiger partial charge on any atom is 0.293 e. The highest BCUT2D eigenvalue weighted by Gasteiger charge is 2.23. The molecule has 0 unspecified atom stereocenters. The number of aryl methyl sites for hydroxylation is 1. The molecule has 1 aromatic heterocycles. The number of methoxy groups -OCH3 is 1. The molecule has 1 heterocycles. The number of aromatic nitrogens is 1. The Morgan fingerprint density at radius 3 is 2.49 bits per heavy atom. The van der Waals surface area contributed by atoms with Crippen molar-refractivity contribution >= 4 is 43.9 Å². The van der Waals surface area contributed by atoms with E-state index < -0.39 is 20.9 Å². The lowest BCUT2D eigenvalue weighted by Gasteiger charge is -2.09. The fourth-order valence-electron chi connectivity index (χ4n) is 3.60. The third kappa shape index (κ3) is 4.94. The minimum atomic E-state index is -4.19. The summed E-state index contributed by atoms with van der Waals surface area (Å²) in [6, 6.07) is 17.4. The van der Waals surface area contributed by atoms with Crippen LogP contribution >= 0.6 is 0 Å². The number of non-ortho nitro benzene ring substituents is 1. The lowest BCUT2D eigenvalue weighted by Crippen LogP contribution is -2.30. The van der Waals surface area contributed by atoms with Gasteiger partial charge >= 0.3 is 0 Å². The van der Waals surface area contributed by atoms with E-state index in [0.717, 1.165) is 17.7 Å². The van der Waals surface area contributed by atoms with E-state index in [0.29, 0.717) is 16.8 Å². The Balaban J connectivity index is 1.69. The van der Waals surface area contributed by atoms with Crippen molar-refractivity contribution in [1.29, 1.82) is 0 Å². The van der Waals surface area contributed by atoms with Crippen molar-refractivity contribution in [3.05, 3.63) is 88.1 Å². The Labute approximate surface area is 201 Å². The van der Waals surface area contributed by atoms with E-state index in [4.69, 9.17) is 4.74 Å². The molecule has 0 aliphatic rings. The number of nitrogens with one attached hydrogen (secondary N) is 3. The zero-order valence-corrected chi connectivity index (χ0v) is 19.7. The number of aromatic amines is 1. The van der Waals surface area contributed by atoms with Crippen LogP contribution in [-0.2, 0) is 16.4 Å². The normalized spacial score (nSPS) is 11.3. The predicted molar refractivity (Wildman–Crippen MR) is 132 cm³/mol. The van der Waals surface area contributed by atoms with Crippen LogP contribution in [0.5, 0.6) is 5.75 Å². The number of anilines is 2. The van der Waals surface area contributed by atoms with Crippen LogP contribution in [0.3, 0.4) is 0 Å². The third-order valence-corrected chi connectivity index (χ3v) is 6.77. The van der Waals surface area contributed by atoms with Gasteiger partial charge in [-0.1, -0.05) is 19.1 Å². The fourth-order valence-corrected chi connectivity index (χ4v) is 4.57. The largest absolute Gasteiger partial charge is 0.497 e. The minimum Gasteiger partial charge on any atom is -0.497 e. The van der Waals surface area contributed by atoms with Crippen molar-refractivity contribution in [3.8, 4) is 5.75 Å². The van der Waals surface area contributed by atoms with Gasteiger partial charge in [0, 0.05) is 22.8 Å². The molecule has 180 valence electrons. The van der Waals surface area contributed by atoms with Crippen molar-refractivity contribution in [2.75, 3.05) is 12.4 Å². The molecule has 0 aliphatic heterocycles. The van der Waals surface area contributed by atoms with Crippen LogP contribution in [0, 0.1) is 10.1 Å². The van der Waals surface area contributed by atoms with E-state index in [-0.39, 0.29) is 21.8 Å². The van der Waals surface area contributed by atoms with Crippen LogP contribution in [0.4, 0.5) is 17.1 Å². The van der Waals surface area contributed by atoms with Gasteiger partial charge < -0.3 is 15.0 Å².